The molecular formula is C9H10Br2N2OS2. The Morgan fingerprint density at radius 2 is 2.12 bits per heavy atom. The lowest BCUT2D eigenvalue weighted by molar-refractivity contribution is 0.0936. The Morgan fingerprint density at radius 1 is 1.56 bits per heavy atom. The molecule has 0 saturated carbocycles. The van der Waals surface area contributed by atoms with Gasteiger partial charge in [-0.1, -0.05) is 12.2 Å². The van der Waals surface area contributed by atoms with Crippen LogP contribution in [-0.4, -0.2) is 16.4 Å². The molecular weight excluding hydrogens is 376 g/mol. The molecule has 0 fully saturated rings. The predicted octanol–water partition coefficient (Wildman–Crippen LogP) is 3.07. The maximum Gasteiger partial charge on any atom is 0.262 e. The molecule has 3 N–H and O–H groups in total. The molecule has 3 nitrogen and oxygen atoms in total. The van der Waals surface area contributed by atoms with Gasteiger partial charge in [-0.05, 0) is 51.8 Å². The third kappa shape index (κ3) is 3.26. The number of amides is 1. The molecule has 1 rings (SSSR count). The largest absolute Gasteiger partial charge is 0.391 e. The summed E-state index contributed by atoms with van der Waals surface area (Å²) in [5.41, 5.74) is 4.85. The van der Waals surface area contributed by atoms with Gasteiger partial charge in [0.25, 0.3) is 5.91 Å². The Hall–Kier alpha value is 0.0200. The van der Waals surface area contributed by atoms with Crippen LogP contribution in [0.1, 0.15) is 23.5 Å². The first-order valence-corrected chi connectivity index (χ1v) is 7.12. The van der Waals surface area contributed by atoms with Crippen LogP contribution in [0.25, 0.3) is 0 Å². The average Bonchev–Trinajstić information content (AvgIpc) is 2.46. The molecule has 1 amide bonds. The van der Waals surface area contributed by atoms with Crippen molar-refractivity contribution in [1.82, 2.24) is 5.32 Å². The van der Waals surface area contributed by atoms with E-state index in [1.54, 1.807) is 19.9 Å². The first-order valence-electron chi connectivity index (χ1n) is 4.31. The van der Waals surface area contributed by atoms with Crippen LogP contribution in [0.4, 0.5) is 0 Å². The minimum Gasteiger partial charge on any atom is -0.391 e. The van der Waals surface area contributed by atoms with Crippen molar-refractivity contribution < 1.29 is 4.79 Å². The normalized spacial score (nSPS) is 11.2. The van der Waals surface area contributed by atoms with Gasteiger partial charge in [0.1, 0.15) is 0 Å². The van der Waals surface area contributed by atoms with Gasteiger partial charge in [0.2, 0.25) is 0 Å². The van der Waals surface area contributed by atoms with Crippen molar-refractivity contribution in [3.63, 3.8) is 0 Å². The molecule has 16 heavy (non-hydrogen) atoms. The zero-order valence-corrected chi connectivity index (χ0v) is 13.4. The molecule has 0 spiro atoms. The van der Waals surface area contributed by atoms with E-state index in [2.05, 4.69) is 37.2 Å². The summed E-state index contributed by atoms with van der Waals surface area (Å²) in [5.74, 6) is -0.186. The Labute approximate surface area is 120 Å². The Bertz CT molecular complexity index is 423. The zero-order chi connectivity index (χ0) is 12.5. The number of thiophene rings is 1. The summed E-state index contributed by atoms with van der Waals surface area (Å²) < 4.78 is 1.74. The van der Waals surface area contributed by atoms with Crippen molar-refractivity contribution in [2.24, 2.45) is 5.73 Å². The lowest BCUT2D eigenvalue weighted by Crippen LogP contribution is -2.51. The number of carbonyl (C=O) groups excluding carboxylic acids is 1. The number of hydrogen-bond donors (Lipinski definition) is 2. The minimum atomic E-state index is -0.685. The fourth-order valence-corrected chi connectivity index (χ4v) is 2.85. The second kappa shape index (κ2) is 5.12. The SMILES string of the molecule is CC(C)(NC(=O)c1cc(Br)c(Br)s1)C(N)=S. The lowest BCUT2D eigenvalue weighted by atomic mass is 10.1. The van der Waals surface area contributed by atoms with Gasteiger partial charge in [-0.3, -0.25) is 4.79 Å². The highest BCUT2D eigenvalue weighted by Gasteiger charge is 2.25. The lowest BCUT2D eigenvalue weighted by Gasteiger charge is -2.24. The third-order valence-corrected chi connectivity index (χ3v) is 5.68. The van der Waals surface area contributed by atoms with Gasteiger partial charge >= 0.3 is 0 Å². The van der Waals surface area contributed by atoms with Gasteiger partial charge in [-0.15, -0.1) is 11.3 Å². The van der Waals surface area contributed by atoms with Crippen LogP contribution in [-0.2, 0) is 0 Å². The second-order valence-corrected chi connectivity index (χ2v) is 7.34. The quantitative estimate of drug-likeness (QED) is 0.786. The number of carbonyl (C=O) groups is 1. The van der Waals surface area contributed by atoms with E-state index in [4.69, 9.17) is 18.0 Å². The van der Waals surface area contributed by atoms with Crippen LogP contribution in [0.3, 0.4) is 0 Å². The fraction of sp³-hybridized carbons (Fsp3) is 0.333. The highest BCUT2D eigenvalue weighted by atomic mass is 79.9. The molecule has 0 radical (unpaired) electrons. The topological polar surface area (TPSA) is 55.1 Å². The molecule has 0 aromatic carbocycles. The molecule has 1 aromatic rings. The van der Waals surface area contributed by atoms with E-state index in [-0.39, 0.29) is 10.9 Å². The third-order valence-electron chi connectivity index (χ3n) is 1.91. The summed E-state index contributed by atoms with van der Waals surface area (Å²) in [7, 11) is 0. The second-order valence-electron chi connectivity index (χ2n) is 3.68. The summed E-state index contributed by atoms with van der Waals surface area (Å²) in [6.45, 7) is 3.54. The number of nitrogens with one attached hydrogen (secondary N) is 1. The summed E-state index contributed by atoms with van der Waals surface area (Å²) in [6, 6.07) is 1.75. The number of rotatable bonds is 3. The van der Waals surface area contributed by atoms with Crippen LogP contribution in [0.5, 0.6) is 0 Å². The first kappa shape index (κ1) is 14.1. The molecule has 0 saturated heterocycles. The average molecular weight is 386 g/mol. The fourth-order valence-electron chi connectivity index (χ4n) is 0.866. The minimum absolute atomic E-state index is 0.186. The van der Waals surface area contributed by atoms with Gasteiger partial charge < -0.3 is 11.1 Å². The van der Waals surface area contributed by atoms with E-state index in [0.717, 1.165) is 8.26 Å². The molecule has 1 aromatic heterocycles. The monoisotopic (exact) mass is 384 g/mol. The van der Waals surface area contributed by atoms with Crippen LogP contribution in [0.15, 0.2) is 14.3 Å². The highest BCUT2D eigenvalue weighted by Crippen LogP contribution is 2.32. The van der Waals surface area contributed by atoms with Crippen molar-refractivity contribution in [2.45, 2.75) is 19.4 Å². The van der Waals surface area contributed by atoms with Crippen molar-refractivity contribution in [2.75, 3.05) is 0 Å². The number of halogens is 2. The van der Waals surface area contributed by atoms with Gasteiger partial charge in [0, 0.05) is 4.47 Å². The maximum atomic E-state index is 11.9. The van der Waals surface area contributed by atoms with Crippen LogP contribution in [0, 0.1) is 0 Å². The molecule has 7 heteroatoms. The highest BCUT2D eigenvalue weighted by molar-refractivity contribution is 9.13. The van der Waals surface area contributed by atoms with Crippen molar-refractivity contribution in [1.29, 1.82) is 0 Å². The Kier molecular flexibility index (Phi) is 4.50. The standard InChI is InChI=1S/C9H10Br2N2OS2/c1-9(2,8(12)15)13-7(14)5-3-4(10)6(11)16-5/h3H,1-2H3,(H2,12,15)(H,13,14). The van der Waals surface area contributed by atoms with E-state index in [0.29, 0.717) is 4.88 Å². The molecule has 0 aliphatic carbocycles. The Morgan fingerprint density at radius 3 is 2.50 bits per heavy atom. The van der Waals surface area contributed by atoms with Gasteiger partial charge in [-0.25, -0.2) is 0 Å². The Balaban J connectivity index is 2.84. The van der Waals surface area contributed by atoms with Crippen LogP contribution < -0.4 is 11.1 Å². The van der Waals surface area contributed by atoms with Crippen molar-refractivity contribution >= 4 is 66.3 Å². The van der Waals surface area contributed by atoms with Gasteiger partial charge in [0.05, 0.1) is 19.2 Å². The molecule has 0 atom stereocenters. The molecule has 0 bridgehead atoms. The van der Waals surface area contributed by atoms with E-state index in [9.17, 15) is 4.79 Å². The summed E-state index contributed by atoms with van der Waals surface area (Å²) in [4.78, 5) is 12.7. The summed E-state index contributed by atoms with van der Waals surface area (Å²) >= 11 is 12.9. The molecule has 0 aliphatic heterocycles. The summed E-state index contributed by atoms with van der Waals surface area (Å²) in [6.07, 6.45) is 0. The number of nitrogens with two attached hydrogens (primary N) is 1. The van der Waals surface area contributed by atoms with Crippen LogP contribution >= 0.6 is 55.4 Å². The van der Waals surface area contributed by atoms with E-state index >= 15 is 0 Å². The molecule has 1 heterocycles. The maximum absolute atomic E-state index is 11.9. The van der Waals surface area contributed by atoms with E-state index < -0.39 is 5.54 Å². The van der Waals surface area contributed by atoms with Crippen molar-refractivity contribution in [3.8, 4) is 0 Å². The van der Waals surface area contributed by atoms with E-state index in [1.807, 2.05) is 0 Å². The van der Waals surface area contributed by atoms with Gasteiger partial charge in [0.15, 0.2) is 0 Å². The van der Waals surface area contributed by atoms with E-state index in [1.165, 1.54) is 11.3 Å². The number of thiocarbonyl (C=S) groups is 1. The number of hydrogen-bond acceptors (Lipinski definition) is 3. The summed E-state index contributed by atoms with van der Waals surface area (Å²) in [5, 5.41) is 2.78. The van der Waals surface area contributed by atoms with Gasteiger partial charge in [-0.2, -0.15) is 0 Å². The first-order chi connectivity index (χ1) is 7.24. The molecule has 0 aliphatic rings. The molecule has 88 valence electrons. The smallest absolute Gasteiger partial charge is 0.262 e. The molecule has 0 unspecified atom stereocenters. The zero-order valence-electron chi connectivity index (χ0n) is 8.64. The predicted molar refractivity (Wildman–Crippen MR) is 78.0 cm³/mol. The van der Waals surface area contributed by atoms with Crippen LogP contribution in [0.2, 0.25) is 0 Å². The van der Waals surface area contributed by atoms with Crippen molar-refractivity contribution in [3.05, 3.63) is 19.2 Å².